The van der Waals surface area contributed by atoms with E-state index in [0.717, 1.165) is 4.68 Å². The van der Waals surface area contributed by atoms with E-state index in [-0.39, 0.29) is 19.0 Å². The number of hydrogen-bond acceptors (Lipinski definition) is 3. The summed E-state index contributed by atoms with van der Waals surface area (Å²) < 4.78 is 43.0. The summed E-state index contributed by atoms with van der Waals surface area (Å²) in [5, 5.41) is 11.8. The average Bonchev–Trinajstić information content (AvgIpc) is 3.29. The quantitative estimate of drug-likeness (QED) is 0.673. The lowest BCUT2D eigenvalue weighted by molar-refractivity contribution is -0.144. The van der Waals surface area contributed by atoms with Gasteiger partial charge in [0, 0.05) is 18.7 Å². The first-order chi connectivity index (χ1) is 13.6. The number of rotatable bonds is 7. The van der Waals surface area contributed by atoms with Crippen molar-refractivity contribution in [2.24, 2.45) is 0 Å². The Morgan fingerprint density at radius 2 is 2.00 bits per heavy atom. The molecule has 1 N–H and O–H groups in total. The smallest absolute Gasteiger partial charge is 0.354 e. The van der Waals surface area contributed by atoms with Gasteiger partial charge < -0.3 is 5.32 Å². The van der Waals surface area contributed by atoms with Gasteiger partial charge in [-0.2, -0.15) is 23.4 Å². The SMILES string of the molecule is CC[C@@H](C(=O)NCCCn1nc2c(c1C(F)(F)F)CCC2)n1nc(C)c(Cl)c1C. The van der Waals surface area contributed by atoms with Crippen molar-refractivity contribution in [3.63, 3.8) is 0 Å². The Balaban J connectivity index is 1.61. The zero-order valence-electron chi connectivity index (χ0n) is 16.7. The van der Waals surface area contributed by atoms with Crippen LogP contribution in [-0.4, -0.2) is 32.0 Å². The van der Waals surface area contributed by atoms with Crippen molar-refractivity contribution in [3.05, 3.63) is 33.4 Å². The monoisotopic (exact) mass is 431 g/mol. The first-order valence-electron chi connectivity index (χ1n) is 9.79. The maximum Gasteiger partial charge on any atom is 0.433 e. The zero-order chi connectivity index (χ0) is 21.3. The number of nitrogens with zero attached hydrogens (tertiary/aromatic N) is 4. The molecule has 0 radical (unpaired) electrons. The van der Waals surface area contributed by atoms with E-state index in [4.69, 9.17) is 11.6 Å². The Bertz CT molecular complexity index is 903. The fourth-order valence-corrected chi connectivity index (χ4v) is 4.02. The van der Waals surface area contributed by atoms with Gasteiger partial charge >= 0.3 is 6.18 Å². The minimum absolute atomic E-state index is 0.102. The highest BCUT2D eigenvalue weighted by molar-refractivity contribution is 6.31. The van der Waals surface area contributed by atoms with Crippen molar-refractivity contribution < 1.29 is 18.0 Å². The molecule has 0 bridgehead atoms. The summed E-state index contributed by atoms with van der Waals surface area (Å²) in [6.07, 6.45) is -1.82. The Morgan fingerprint density at radius 3 is 2.59 bits per heavy atom. The second kappa shape index (κ2) is 8.38. The number of halogens is 4. The van der Waals surface area contributed by atoms with Crippen LogP contribution in [0.3, 0.4) is 0 Å². The van der Waals surface area contributed by atoms with Crippen molar-refractivity contribution in [3.8, 4) is 0 Å². The van der Waals surface area contributed by atoms with Crippen LogP contribution in [0.4, 0.5) is 13.2 Å². The van der Waals surface area contributed by atoms with Crippen LogP contribution in [0.15, 0.2) is 0 Å². The van der Waals surface area contributed by atoms with Gasteiger partial charge in [-0.25, -0.2) is 0 Å². The molecule has 2 heterocycles. The van der Waals surface area contributed by atoms with Gasteiger partial charge in [0.25, 0.3) is 0 Å². The van der Waals surface area contributed by atoms with E-state index in [1.807, 2.05) is 6.92 Å². The molecule has 2 aromatic rings. The molecule has 0 spiro atoms. The van der Waals surface area contributed by atoms with E-state index in [0.29, 0.717) is 59.8 Å². The van der Waals surface area contributed by atoms with E-state index >= 15 is 0 Å². The molecule has 0 aromatic carbocycles. The predicted octanol–water partition coefficient (Wildman–Crippen LogP) is 4.01. The van der Waals surface area contributed by atoms with Crippen molar-refractivity contribution in [1.29, 1.82) is 0 Å². The largest absolute Gasteiger partial charge is 0.433 e. The Labute approximate surface area is 172 Å². The Kier molecular flexibility index (Phi) is 6.26. The van der Waals surface area contributed by atoms with Gasteiger partial charge in [-0.05, 0) is 46.0 Å². The first kappa shape index (κ1) is 21.7. The van der Waals surface area contributed by atoms with Crippen LogP contribution >= 0.6 is 11.6 Å². The molecule has 0 aliphatic heterocycles. The first-order valence-corrected chi connectivity index (χ1v) is 10.2. The number of alkyl halides is 3. The van der Waals surface area contributed by atoms with Gasteiger partial charge in [-0.15, -0.1) is 0 Å². The van der Waals surface area contributed by atoms with E-state index in [2.05, 4.69) is 15.5 Å². The van der Waals surface area contributed by atoms with Crippen LogP contribution in [-0.2, 0) is 30.4 Å². The average molecular weight is 432 g/mol. The highest BCUT2D eigenvalue weighted by Gasteiger charge is 2.40. The summed E-state index contributed by atoms with van der Waals surface area (Å²) in [4.78, 5) is 12.6. The summed E-state index contributed by atoms with van der Waals surface area (Å²) in [6.45, 7) is 5.80. The molecule has 3 rings (SSSR count). The molecular weight excluding hydrogens is 407 g/mol. The van der Waals surface area contributed by atoms with Crippen LogP contribution in [0.5, 0.6) is 0 Å². The molecule has 0 unspecified atom stereocenters. The maximum absolute atomic E-state index is 13.4. The molecule has 29 heavy (non-hydrogen) atoms. The van der Waals surface area contributed by atoms with Gasteiger partial charge in [0.2, 0.25) is 5.91 Å². The van der Waals surface area contributed by atoms with Crippen LogP contribution in [0, 0.1) is 13.8 Å². The second-order valence-corrected chi connectivity index (χ2v) is 7.72. The molecule has 0 saturated carbocycles. The van der Waals surface area contributed by atoms with Crippen LogP contribution < -0.4 is 5.32 Å². The molecule has 0 fully saturated rings. The summed E-state index contributed by atoms with van der Waals surface area (Å²) in [6, 6.07) is -0.513. The number of fused-ring (bicyclic) bond motifs is 1. The maximum atomic E-state index is 13.4. The number of carbonyl (C=O) groups is 1. The highest BCUT2D eigenvalue weighted by Crippen LogP contribution is 2.37. The third-order valence-corrected chi connectivity index (χ3v) is 5.86. The van der Waals surface area contributed by atoms with Crippen LogP contribution in [0.1, 0.15) is 60.6 Å². The number of hydrogen-bond donors (Lipinski definition) is 1. The normalized spacial score (nSPS) is 14.9. The lowest BCUT2D eigenvalue weighted by atomic mass is 10.2. The highest BCUT2D eigenvalue weighted by atomic mass is 35.5. The summed E-state index contributed by atoms with van der Waals surface area (Å²) in [7, 11) is 0. The minimum atomic E-state index is -4.42. The number of nitrogens with one attached hydrogen (secondary N) is 1. The summed E-state index contributed by atoms with van der Waals surface area (Å²) in [5.74, 6) is -0.228. The van der Waals surface area contributed by atoms with Gasteiger partial charge in [0.1, 0.15) is 11.7 Å². The predicted molar refractivity (Wildman–Crippen MR) is 103 cm³/mol. The number of amides is 1. The van der Waals surface area contributed by atoms with Crippen LogP contribution in [0.25, 0.3) is 0 Å². The minimum Gasteiger partial charge on any atom is -0.354 e. The molecular formula is C19H25ClF3N5O. The summed E-state index contributed by atoms with van der Waals surface area (Å²) in [5.41, 5.74) is 1.61. The van der Waals surface area contributed by atoms with E-state index < -0.39 is 17.9 Å². The lowest BCUT2D eigenvalue weighted by Gasteiger charge is -2.17. The molecule has 0 saturated heterocycles. The molecule has 2 aromatic heterocycles. The van der Waals surface area contributed by atoms with Crippen molar-refractivity contribution in [2.75, 3.05) is 6.54 Å². The molecule has 6 nitrogen and oxygen atoms in total. The van der Waals surface area contributed by atoms with Crippen LogP contribution in [0.2, 0.25) is 5.02 Å². The van der Waals surface area contributed by atoms with Crippen molar-refractivity contribution in [2.45, 2.75) is 71.6 Å². The van der Waals surface area contributed by atoms with Gasteiger partial charge in [0.05, 0.1) is 22.1 Å². The number of carbonyl (C=O) groups excluding carboxylic acids is 1. The Hall–Kier alpha value is -2.03. The fraction of sp³-hybridized carbons (Fsp3) is 0.632. The van der Waals surface area contributed by atoms with Gasteiger partial charge in [0.15, 0.2) is 0 Å². The Morgan fingerprint density at radius 1 is 1.28 bits per heavy atom. The van der Waals surface area contributed by atoms with Crippen molar-refractivity contribution >= 4 is 17.5 Å². The summed E-state index contributed by atoms with van der Waals surface area (Å²) >= 11 is 6.17. The van der Waals surface area contributed by atoms with E-state index in [9.17, 15) is 18.0 Å². The van der Waals surface area contributed by atoms with Gasteiger partial charge in [-0.1, -0.05) is 18.5 Å². The lowest BCUT2D eigenvalue weighted by Crippen LogP contribution is -2.34. The fourth-order valence-electron chi connectivity index (χ4n) is 3.90. The van der Waals surface area contributed by atoms with Crippen molar-refractivity contribution in [1.82, 2.24) is 24.9 Å². The molecule has 1 atom stereocenters. The standard InChI is InChI=1S/C19H25ClF3N5O/c1-4-15(28-12(3)16(20)11(2)25-28)18(29)24-9-6-10-27-17(19(21,22)23)13-7-5-8-14(13)26-27/h15H,4-10H2,1-3H3,(H,24,29)/t15-/m0/s1. The third-order valence-electron chi connectivity index (χ3n) is 5.31. The topological polar surface area (TPSA) is 64.7 Å². The third kappa shape index (κ3) is 4.29. The number of aryl methyl sites for hydroxylation is 3. The van der Waals surface area contributed by atoms with E-state index in [1.165, 1.54) is 0 Å². The second-order valence-electron chi connectivity index (χ2n) is 7.35. The molecule has 10 heteroatoms. The zero-order valence-corrected chi connectivity index (χ0v) is 17.5. The number of aromatic nitrogens is 4. The van der Waals surface area contributed by atoms with Gasteiger partial charge in [-0.3, -0.25) is 14.2 Å². The molecule has 160 valence electrons. The molecule has 1 amide bonds. The molecule has 1 aliphatic carbocycles. The molecule has 1 aliphatic rings. The van der Waals surface area contributed by atoms with E-state index in [1.54, 1.807) is 18.5 Å².